The van der Waals surface area contributed by atoms with Crippen LogP contribution < -0.4 is 11.1 Å². The molecule has 25 heavy (non-hydrogen) atoms. The molecule has 0 bridgehead atoms. The van der Waals surface area contributed by atoms with Gasteiger partial charge < -0.3 is 15.8 Å². The van der Waals surface area contributed by atoms with Gasteiger partial charge in [-0.1, -0.05) is 6.07 Å². The van der Waals surface area contributed by atoms with Crippen LogP contribution in [0.1, 0.15) is 31.2 Å². The molecule has 6 heteroatoms. The Hall–Kier alpha value is -1.66. The molecule has 1 aliphatic carbocycles. The Bertz CT molecular complexity index is 613. The summed E-state index contributed by atoms with van der Waals surface area (Å²) in [6, 6.07) is 4.24. The maximum atomic E-state index is 12.6. The number of nitrogens with two attached hydrogens (primary N) is 1. The van der Waals surface area contributed by atoms with Gasteiger partial charge in [-0.15, -0.1) is 0 Å². The zero-order chi connectivity index (χ0) is 17.2. The number of aromatic nitrogens is 1. The number of carbonyl (C=O) groups is 1. The summed E-state index contributed by atoms with van der Waals surface area (Å²) in [5.41, 5.74) is 7.08. The third-order valence-electron chi connectivity index (χ3n) is 5.91. The van der Waals surface area contributed by atoms with Crippen molar-refractivity contribution < 1.29 is 9.53 Å². The van der Waals surface area contributed by atoms with Crippen LogP contribution in [-0.4, -0.2) is 48.1 Å². The van der Waals surface area contributed by atoms with E-state index < -0.39 is 0 Å². The second-order valence-corrected chi connectivity index (χ2v) is 7.74. The molecule has 3 heterocycles. The molecule has 3 aliphatic rings. The molecule has 1 aromatic heterocycles. The van der Waals surface area contributed by atoms with Crippen molar-refractivity contribution in [2.24, 2.45) is 17.8 Å². The average Bonchev–Trinajstić information content (AvgIpc) is 3.40. The van der Waals surface area contributed by atoms with E-state index in [1.165, 1.54) is 12.8 Å². The number of hydrogen-bond donors (Lipinski definition) is 2. The summed E-state index contributed by atoms with van der Waals surface area (Å²) in [4.78, 5) is 19.3. The van der Waals surface area contributed by atoms with Crippen LogP contribution in [0.25, 0.3) is 0 Å². The standard InChI is InChI=1S/C19H28N4O2/c20-18-15(2-1-7-21-18)10-23-11-16(13-3-4-13)17(12-23)22-19(24)14-5-8-25-9-6-14/h1-2,7,13-14,16-17H,3-6,8-12H2,(H2,20,21)(H,22,24)/t16-,17+/m1/s1. The number of nitrogen functional groups attached to an aromatic ring is 1. The Morgan fingerprint density at radius 2 is 2.08 bits per heavy atom. The maximum Gasteiger partial charge on any atom is 0.223 e. The van der Waals surface area contributed by atoms with Crippen LogP contribution >= 0.6 is 0 Å². The monoisotopic (exact) mass is 344 g/mol. The number of rotatable bonds is 5. The van der Waals surface area contributed by atoms with Gasteiger partial charge >= 0.3 is 0 Å². The molecule has 0 spiro atoms. The van der Waals surface area contributed by atoms with Crippen molar-refractivity contribution in [3.63, 3.8) is 0 Å². The van der Waals surface area contributed by atoms with Crippen molar-refractivity contribution >= 4 is 11.7 Å². The van der Waals surface area contributed by atoms with E-state index in [-0.39, 0.29) is 17.9 Å². The molecule has 0 aromatic carbocycles. The second-order valence-electron chi connectivity index (χ2n) is 7.74. The fourth-order valence-electron chi connectivity index (χ4n) is 4.28. The van der Waals surface area contributed by atoms with Crippen molar-refractivity contribution in [3.05, 3.63) is 23.9 Å². The molecule has 136 valence electrons. The summed E-state index contributed by atoms with van der Waals surface area (Å²) < 4.78 is 5.38. The summed E-state index contributed by atoms with van der Waals surface area (Å²) in [5.74, 6) is 2.30. The van der Waals surface area contributed by atoms with Gasteiger partial charge in [0, 0.05) is 56.6 Å². The first-order chi connectivity index (χ1) is 12.2. The number of nitrogens with zero attached hydrogens (tertiary/aromatic N) is 2. The Morgan fingerprint density at radius 1 is 1.28 bits per heavy atom. The SMILES string of the molecule is Nc1ncccc1CN1C[C@H](NC(=O)C2CCOCC2)[C@@H](C2CC2)C1. The number of pyridine rings is 1. The molecule has 4 rings (SSSR count). The third-order valence-corrected chi connectivity index (χ3v) is 5.91. The number of ether oxygens (including phenoxy) is 1. The van der Waals surface area contributed by atoms with Crippen molar-refractivity contribution in [2.45, 2.75) is 38.3 Å². The van der Waals surface area contributed by atoms with Gasteiger partial charge in [0.2, 0.25) is 5.91 Å². The maximum absolute atomic E-state index is 12.6. The van der Waals surface area contributed by atoms with Crippen LogP contribution in [0.3, 0.4) is 0 Å². The Balaban J connectivity index is 1.39. The average molecular weight is 344 g/mol. The fraction of sp³-hybridized carbons (Fsp3) is 0.684. The quantitative estimate of drug-likeness (QED) is 0.844. The van der Waals surface area contributed by atoms with Crippen molar-refractivity contribution in [1.82, 2.24) is 15.2 Å². The zero-order valence-corrected chi connectivity index (χ0v) is 14.7. The van der Waals surface area contributed by atoms with Gasteiger partial charge in [-0.25, -0.2) is 4.98 Å². The molecule has 2 atom stereocenters. The Labute approximate surface area is 149 Å². The summed E-state index contributed by atoms with van der Waals surface area (Å²) >= 11 is 0. The van der Waals surface area contributed by atoms with E-state index in [1.54, 1.807) is 6.20 Å². The number of nitrogens with one attached hydrogen (secondary N) is 1. The minimum absolute atomic E-state index is 0.122. The lowest BCUT2D eigenvalue weighted by Crippen LogP contribution is -2.45. The highest BCUT2D eigenvalue weighted by atomic mass is 16.5. The number of likely N-dealkylation sites (tertiary alicyclic amines) is 1. The minimum atomic E-state index is 0.122. The molecule has 0 unspecified atom stereocenters. The smallest absolute Gasteiger partial charge is 0.223 e. The molecule has 3 fully saturated rings. The summed E-state index contributed by atoms with van der Waals surface area (Å²) in [6.07, 6.45) is 6.03. The first-order valence-corrected chi connectivity index (χ1v) is 9.50. The Morgan fingerprint density at radius 3 is 2.80 bits per heavy atom. The van der Waals surface area contributed by atoms with E-state index in [9.17, 15) is 4.79 Å². The van der Waals surface area contributed by atoms with Crippen LogP contribution in [0.15, 0.2) is 18.3 Å². The predicted octanol–water partition coefficient (Wildman–Crippen LogP) is 1.42. The van der Waals surface area contributed by atoms with E-state index in [2.05, 4.69) is 15.2 Å². The molecule has 1 saturated carbocycles. The normalized spacial score (nSPS) is 28.2. The highest BCUT2D eigenvalue weighted by Crippen LogP contribution is 2.42. The van der Waals surface area contributed by atoms with Crippen LogP contribution in [0.5, 0.6) is 0 Å². The van der Waals surface area contributed by atoms with Gasteiger partial charge in [0.25, 0.3) is 0 Å². The highest BCUT2D eigenvalue weighted by Gasteiger charge is 2.43. The van der Waals surface area contributed by atoms with Gasteiger partial charge in [-0.05, 0) is 43.6 Å². The lowest BCUT2D eigenvalue weighted by atomic mass is 9.95. The van der Waals surface area contributed by atoms with Gasteiger partial charge in [-0.3, -0.25) is 9.69 Å². The van der Waals surface area contributed by atoms with Crippen LogP contribution in [0.2, 0.25) is 0 Å². The minimum Gasteiger partial charge on any atom is -0.383 e. The molecule has 6 nitrogen and oxygen atoms in total. The first-order valence-electron chi connectivity index (χ1n) is 9.50. The summed E-state index contributed by atoms with van der Waals surface area (Å²) in [7, 11) is 0. The van der Waals surface area contributed by atoms with E-state index in [0.717, 1.165) is 44.0 Å². The number of carbonyl (C=O) groups excluding carboxylic acids is 1. The van der Waals surface area contributed by atoms with E-state index in [0.29, 0.717) is 24.9 Å². The van der Waals surface area contributed by atoms with Gasteiger partial charge in [-0.2, -0.15) is 0 Å². The van der Waals surface area contributed by atoms with Crippen molar-refractivity contribution in [2.75, 3.05) is 32.0 Å². The highest BCUT2D eigenvalue weighted by molar-refractivity contribution is 5.79. The summed E-state index contributed by atoms with van der Waals surface area (Å²) in [5, 5.41) is 3.37. The van der Waals surface area contributed by atoms with Crippen LogP contribution in [0.4, 0.5) is 5.82 Å². The number of hydrogen-bond acceptors (Lipinski definition) is 5. The number of anilines is 1. The predicted molar refractivity (Wildman–Crippen MR) is 95.6 cm³/mol. The zero-order valence-electron chi connectivity index (χ0n) is 14.7. The molecule has 0 radical (unpaired) electrons. The molecule has 2 aliphatic heterocycles. The summed E-state index contributed by atoms with van der Waals surface area (Å²) in [6.45, 7) is 4.18. The molecule has 1 aromatic rings. The second kappa shape index (κ2) is 7.30. The Kier molecular flexibility index (Phi) is 4.90. The van der Waals surface area contributed by atoms with Crippen molar-refractivity contribution in [3.8, 4) is 0 Å². The number of amides is 1. The van der Waals surface area contributed by atoms with E-state index >= 15 is 0 Å². The third kappa shape index (κ3) is 3.96. The van der Waals surface area contributed by atoms with Crippen LogP contribution in [0, 0.1) is 17.8 Å². The lowest BCUT2D eigenvalue weighted by molar-refractivity contribution is -0.128. The topological polar surface area (TPSA) is 80.5 Å². The largest absolute Gasteiger partial charge is 0.383 e. The van der Waals surface area contributed by atoms with E-state index in [4.69, 9.17) is 10.5 Å². The van der Waals surface area contributed by atoms with Gasteiger partial charge in [0.05, 0.1) is 0 Å². The fourth-order valence-corrected chi connectivity index (χ4v) is 4.28. The van der Waals surface area contributed by atoms with E-state index in [1.807, 2.05) is 12.1 Å². The van der Waals surface area contributed by atoms with Gasteiger partial charge in [0.15, 0.2) is 0 Å². The molecular weight excluding hydrogens is 316 g/mol. The lowest BCUT2D eigenvalue weighted by Gasteiger charge is -2.25. The van der Waals surface area contributed by atoms with Gasteiger partial charge in [0.1, 0.15) is 5.82 Å². The molecular formula is C19H28N4O2. The van der Waals surface area contributed by atoms with Crippen molar-refractivity contribution in [1.29, 1.82) is 0 Å². The molecule has 2 saturated heterocycles. The molecule has 3 N–H and O–H groups in total. The molecule has 1 amide bonds. The van der Waals surface area contributed by atoms with Crippen LogP contribution in [-0.2, 0) is 16.1 Å². The first kappa shape index (κ1) is 16.8.